The van der Waals surface area contributed by atoms with Gasteiger partial charge in [-0.3, -0.25) is 0 Å². The number of likely N-dealkylation sites (N-methyl/N-ethyl adjacent to an activating group) is 1. The van der Waals surface area contributed by atoms with Gasteiger partial charge < -0.3 is 14.9 Å². The van der Waals surface area contributed by atoms with E-state index in [1.54, 1.807) is 0 Å². The molecule has 124 valence electrons. The number of hydrogen-bond donors (Lipinski definition) is 1. The summed E-state index contributed by atoms with van der Waals surface area (Å²) in [5.41, 5.74) is 3.30. The predicted molar refractivity (Wildman–Crippen MR) is 91.8 cm³/mol. The summed E-state index contributed by atoms with van der Waals surface area (Å²) in [4.78, 5) is 5.36. The molecule has 2 heterocycles. The van der Waals surface area contributed by atoms with Crippen LogP contribution in [0.4, 0.5) is 0 Å². The first-order chi connectivity index (χ1) is 11.2. The van der Waals surface area contributed by atoms with E-state index in [0.29, 0.717) is 17.2 Å². The summed E-state index contributed by atoms with van der Waals surface area (Å²) in [6, 6.07) is 6.85. The molecule has 5 rings (SSSR count). The monoisotopic (exact) mass is 312 g/mol. The van der Waals surface area contributed by atoms with E-state index in [9.17, 15) is 5.11 Å². The second kappa shape index (κ2) is 4.97. The summed E-state index contributed by atoms with van der Waals surface area (Å²) in [6.45, 7) is 5.05. The number of phenols is 1. The molecule has 0 amide bonds. The fourth-order valence-electron chi connectivity index (χ4n) is 5.77. The zero-order chi connectivity index (χ0) is 15.6. The molecule has 23 heavy (non-hydrogen) atoms. The normalized spacial score (nSPS) is 37.3. The molecule has 2 saturated heterocycles. The first-order valence-corrected chi connectivity index (χ1v) is 9.41. The minimum atomic E-state index is 0.323. The third kappa shape index (κ3) is 2.16. The van der Waals surface area contributed by atoms with E-state index in [4.69, 9.17) is 0 Å². The van der Waals surface area contributed by atoms with Gasteiger partial charge in [0.15, 0.2) is 0 Å². The number of hydrogen-bond acceptors (Lipinski definition) is 3. The molecule has 0 radical (unpaired) electrons. The molecular formula is C20H28N2O. The van der Waals surface area contributed by atoms with E-state index in [1.807, 2.05) is 6.07 Å². The van der Waals surface area contributed by atoms with Crippen LogP contribution in [-0.2, 0) is 11.8 Å². The zero-order valence-corrected chi connectivity index (χ0v) is 14.2. The van der Waals surface area contributed by atoms with E-state index in [2.05, 4.69) is 29.0 Å². The number of fused-ring (bicyclic) bond motifs is 1. The summed E-state index contributed by atoms with van der Waals surface area (Å²) in [6.07, 6.45) is 6.61. The smallest absolute Gasteiger partial charge is 0.115 e. The highest BCUT2D eigenvalue weighted by molar-refractivity contribution is 5.45. The fraction of sp³-hybridized carbons (Fsp3) is 0.700. The highest BCUT2D eigenvalue weighted by Gasteiger charge is 2.54. The molecule has 0 aromatic heterocycles. The van der Waals surface area contributed by atoms with Crippen molar-refractivity contribution in [1.82, 2.24) is 9.80 Å². The Bertz CT molecular complexity index is 626. The summed E-state index contributed by atoms with van der Waals surface area (Å²) >= 11 is 0. The number of aromatic hydroxyl groups is 1. The Kier molecular flexibility index (Phi) is 3.09. The van der Waals surface area contributed by atoms with Gasteiger partial charge in [0.25, 0.3) is 0 Å². The van der Waals surface area contributed by atoms with Gasteiger partial charge in [0.2, 0.25) is 0 Å². The Morgan fingerprint density at radius 2 is 2.04 bits per heavy atom. The van der Waals surface area contributed by atoms with Crippen LogP contribution in [-0.4, -0.2) is 54.2 Å². The first-order valence-electron chi connectivity index (χ1n) is 9.41. The highest BCUT2D eigenvalue weighted by Crippen LogP contribution is 2.53. The second-order valence-corrected chi connectivity index (χ2v) is 8.56. The van der Waals surface area contributed by atoms with Crippen molar-refractivity contribution in [2.45, 2.75) is 43.6 Å². The van der Waals surface area contributed by atoms with E-state index >= 15 is 0 Å². The number of nitrogens with zero attached hydrogens (tertiary/aromatic N) is 2. The minimum Gasteiger partial charge on any atom is -0.508 e. The van der Waals surface area contributed by atoms with E-state index in [0.717, 1.165) is 18.3 Å². The van der Waals surface area contributed by atoms with Crippen LogP contribution >= 0.6 is 0 Å². The van der Waals surface area contributed by atoms with E-state index < -0.39 is 0 Å². The third-order valence-electron chi connectivity index (χ3n) is 7.25. The highest BCUT2D eigenvalue weighted by atomic mass is 16.3. The first kappa shape index (κ1) is 14.3. The maximum Gasteiger partial charge on any atom is 0.115 e. The maximum atomic E-state index is 10.1. The van der Waals surface area contributed by atoms with Crippen molar-refractivity contribution in [2.75, 3.05) is 33.2 Å². The van der Waals surface area contributed by atoms with Crippen molar-refractivity contribution in [1.29, 1.82) is 0 Å². The predicted octanol–water partition coefficient (Wildman–Crippen LogP) is 2.62. The van der Waals surface area contributed by atoms with Gasteiger partial charge in [-0.15, -0.1) is 0 Å². The molecule has 1 aromatic carbocycles. The molecule has 2 aliphatic heterocycles. The lowest BCUT2D eigenvalue weighted by atomic mass is 9.54. The standard InChI is InChI=1S/C20H28N2O/c1-21-8-6-20-7-9-22(12-14-2-3-14)13-18(20)19(21)10-15-4-5-16(23)11-17(15)20/h4-5,11,14,18-19,23H,2-3,6-10,12-13H2,1H3/t18-,19+,20+/m0/s1. The van der Waals surface area contributed by atoms with Gasteiger partial charge in [-0.25, -0.2) is 0 Å². The Morgan fingerprint density at radius 1 is 1.22 bits per heavy atom. The average Bonchev–Trinajstić information content (AvgIpc) is 3.35. The SMILES string of the molecule is CN1CC[C@]23CCN(CC4CC4)C[C@H]2[C@H]1Cc1ccc(O)cc13. The minimum absolute atomic E-state index is 0.323. The average molecular weight is 312 g/mol. The number of likely N-dealkylation sites (tertiary alicyclic amines) is 2. The Labute approximate surface area is 139 Å². The Balaban J connectivity index is 1.54. The van der Waals surface area contributed by atoms with Crippen LogP contribution in [0.5, 0.6) is 5.75 Å². The van der Waals surface area contributed by atoms with Gasteiger partial charge in [-0.05, 0) is 87.3 Å². The largest absolute Gasteiger partial charge is 0.508 e. The lowest BCUT2D eigenvalue weighted by molar-refractivity contribution is -0.0285. The lowest BCUT2D eigenvalue weighted by Gasteiger charge is -2.60. The van der Waals surface area contributed by atoms with Crippen molar-refractivity contribution in [3.8, 4) is 5.75 Å². The molecular weight excluding hydrogens is 284 g/mol. The van der Waals surface area contributed by atoms with Crippen LogP contribution in [0.25, 0.3) is 0 Å². The number of rotatable bonds is 2. The Hall–Kier alpha value is -1.06. The van der Waals surface area contributed by atoms with Gasteiger partial charge in [-0.1, -0.05) is 6.07 Å². The molecule has 3 heteroatoms. The van der Waals surface area contributed by atoms with Crippen LogP contribution < -0.4 is 0 Å². The topological polar surface area (TPSA) is 26.7 Å². The maximum absolute atomic E-state index is 10.1. The van der Waals surface area contributed by atoms with Gasteiger partial charge in [0.1, 0.15) is 5.75 Å². The summed E-state index contributed by atoms with van der Waals surface area (Å²) in [5.74, 6) is 2.18. The van der Waals surface area contributed by atoms with Gasteiger partial charge >= 0.3 is 0 Å². The quantitative estimate of drug-likeness (QED) is 0.909. The van der Waals surface area contributed by atoms with E-state index in [1.165, 1.54) is 63.0 Å². The van der Waals surface area contributed by atoms with Crippen molar-refractivity contribution < 1.29 is 5.11 Å². The molecule has 3 atom stereocenters. The van der Waals surface area contributed by atoms with Crippen molar-refractivity contribution >= 4 is 0 Å². The van der Waals surface area contributed by atoms with Gasteiger partial charge in [0.05, 0.1) is 0 Å². The molecule has 2 bridgehead atoms. The van der Waals surface area contributed by atoms with Gasteiger partial charge in [0, 0.05) is 24.5 Å². The molecule has 1 aromatic rings. The van der Waals surface area contributed by atoms with Crippen LogP contribution in [0.3, 0.4) is 0 Å². The fourth-order valence-corrected chi connectivity index (χ4v) is 5.77. The summed E-state index contributed by atoms with van der Waals surface area (Å²) < 4.78 is 0. The molecule has 0 unspecified atom stereocenters. The Morgan fingerprint density at radius 3 is 2.87 bits per heavy atom. The second-order valence-electron chi connectivity index (χ2n) is 8.56. The van der Waals surface area contributed by atoms with Crippen molar-refractivity contribution in [3.05, 3.63) is 29.3 Å². The van der Waals surface area contributed by atoms with Crippen LogP contribution in [0.1, 0.15) is 36.8 Å². The van der Waals surface area contributed by atoms with Crippen LogP contribution in [0, 0.1) is 11.8 Å². The van der Waals surface area contributed by atoms with Crippen molar-refractivity contribution in [2.24, 2.45) is 11.8 Å². The summed E-state index contributed by atoms with van der Waals surface area (Å²) in [7, 11) is 2.32. The molecule has 1 saturated carbocycles. The molecule has 1 N–H and O–H groups in total. The molecule has 0 spiro atoms. The van der Waals surface area contributed by atoms with E-state index in [-0.39, 0.29) is 0 Å². The third-order valence-corrected chi connectivity index (χ3v) is 7.25. The summed E-state index contributed by atoms with van der Waals surface area (Å²) in [5, 5.41) is 10.1. The van der Waals surface area contributed by atoms with Crippen LogP contribution in [0.15, 0.2) is 18.2 Å². The van der Waals surface area contributed by atoms with Gasteiger partial charge in [-0.2, -0.15) is 0 Å². The molecule has 2 aliphatic carbocycles. The number of benzene rings is 1. The number of phenolic OH excluding ortho intramolecular Hbond substituents is 1. The molecule has 3 nitrogen and oxygen atoms in total. The lowest BCUT2D eigenvalue weighted by Crippen LogP contribution is -2.64. The van der Waals surface area contributed by atoms with Crippen LogP contribution in [0.2, 0.25) is 0 Å². The van der Waals surface area contributed by atoms with Crippen molar-refractivity contribution in [3.63, 3.8) is 0 Å². The number of piperidine rings is 2. The molecule has 4 aliphatic rings. The molecule has 3 fully saturated rings. The zero-order valence-electron chi connectivity index (χ0n) is 14.2.